The van der Waals surface area contributed by atoms with Crippen molar-refractivity contribution in [1.82, 2.24) is 14.9 Å². The number of amides is 1. The summed E-state index contributed by atoms with van der Waals surface area (Å²) in [7, 11) is 1.86. The maximum atomic E-state index is 12.6. The molecule has 1 aromatic rings. The number of imidazole rings is 1. The molecule has 1 rings (SSSR count). The van der Waals surface area contributed by atoms with E-state index in [0.717, 1.165) is 18.7 Å². The average molecular weight is 295 g/mol. The highest BCUT2D eigenvalue weighted by molar-refractivity contribution is 6.06. The van der Waals surface area contributed by atoms with Gasteiger partial charge in [0.15, 0.2) is 5.84 Å². The summed E-state index contributed by atoms with van der Waals surface area (Å²) in [5.74, 6) is 0.512. The van der Waals surface area contributed by atoms with Gasteiger partial charge in [-0.25, -0.2) is 4.98 Å². The van der Waals surface area contributed by atoms with E-state index in [0.29, 0.717) is 19.4 Å². The Morgan fingerprint density at radius 2 is 2.10 bits per heavy atom. The third kappa shape index (κ3) is 3.74. The molecule has 0 bridgehead atoms. The first-order valence-electron chi connectivity index (χ1n) is 7.24. The zero-order valence-corrected chi connectivity index (χ0v) is 13.0. The molecule has 1 aromatic heterocycles. The minimum atomic E-state index is -0.955. The average Bonchev–Trinajstić information content (AvgIpc) is 2.88. The zero-order chi connectivity index (χ0) is 15.9. The fraction of sp³-hybridized carbons (Fsp3) is 0.643. The fourth-order valence-corrected chi connectivity index (χ4v) is 2.57. The lowest BCUT2D eigenvalue weighted by Gasteiger charge is -2.30. The lowest BCUT2D eigenvalue weighted by atomic mass is 9.77. The van der Waals surface area contributed by atoms with Crippen LogP contribution < -0.4 is 11.1 Å². The topological polar surface area (TPSA) is 106 Å². The van der Waals surface area contributed by atoms with E-state index in [9.17, 15) is 4.79 Å². The van der Waals surface area contributed by atoms with Gasteiger partial charge in [-0.3, -0.25) is 4.79 Å². The smallest absolute Gasteiger partial charge is 0.234 e. The number of carbonyl (C=O) groups is 1. The number of hydrogen-bond acceptors (Lipinski definition) is 4. The van der Waals surface area contributed by atoms with Crippen LogP contribution >= 0.6 is 0 Å². The van der Waals surface area contributed by atoms with Crippen LogP contribution in [0, 0.1) is 5.41 Å². The van der Waals surface area contributed by atoms with E-state index < -0.39 is 5.41 Å². The maximum Gasteiger partial charge on any atom is 0.234 e. The molecule has 4 N–H and O–H groups in total. The second-order valence-corrected chi connectivity index (χ2v) is 5.20. The first kappa shape index (κ1) is 17.0. The molecule has 0 aliphatic heterocycles. The minimum Gasteiger partial charge on any atom is -0.409 e. The number of carbonyl (C=O) groups excluding carboxylic acids is 1. The number of amidine groups is 1. The quantitative estimate of drug-likeness (QED) is 0.291. The molecule has 1 amide bonds. The zero-order valence-electron chi connectivity index (χ0n) is 13.0. The second kappa shape index (κ2) is 7.66. The van der Waals surface area contributed by atoms with Crippen molar-refractivity contribution in [3.05, 3.63) is 18.2 Å². The van der Waals surface area contributed by atoms with E-state index in [1.807, 2.05) is 31.7 Å². The molecular weight excluding hydrogens is 270 g/mol. The number of nitrogens with two attached hydrogens (primary N) is 1. The van der Waals surface area contributed by atoms with Crippen LogP contribution in [-0.4, -0.2) is 26.5 Å². The molecule has 0 spiro atoms. The standard InChI is InChI=1S/C14H25N5O2/c1-4-6-14(7-5-2,12(15)18-21)13(20)17-10-11-16-8-9-19(11)3/h8-9,21H,4-7,10H2,1-3H3,(H2,15,18)(H,17,20). The van der Waals surface area contributed by atoms with Crippen LogP contribution in [0.3, 0.4) is 0 Å². The molecule has 118 valence electrons. The predicted octanol–water partition coefficient (Wildman–Crippen LogP) is 1.37. The van der Waals surface area contributed by atoms with Gasteiger partial charge in [0.1, 0.15) is 11.2 Å². The van der Waals surface area contributed by atoms with Gasteiger partial charge in [-0.2, -0.15) is 0 Å². The van der Waals surface area contributed by atoms with E-state index in [2.05, 4.69) is 15.5 Å². The Morgan fingerprint density at radius 1 is 1.48 bits per heavy atom. The summed E-state index contributed by atoms with van der Waals surface area (Å²) in [6.07, 6.45) is 6.12. The number of aryl methyl sites for hydroxylation is 1. The van der Waals surface area contributed by atoms with Gasteiger partial charge in [-0.05, 0) is 12.8 Å². The third-order valence-corrected chi connectivity index (χ3v) is 3.71. The van der Waals surface area contributed by atoms with Gasteiger partial charge in [0.05, 0.1) is 6.54 Å². The third-order valence-electron chi connectivity index (χ3n) is 3.71. The normalized spacial score (nSPS) is 12.4. The van der Waals surface area contributed by atoms with Crippen molar-refractivity contribution in [3.63, 3.8) is 0 Å². The molecule has 7 nitrogen and oxygen atoms in total. The van der Waals surface area contributed by atoms with Crippen molar-refractivity contribution in [2.75, 3.05) is 0 Å². The number of aromatic nitrogens is 2. The summed E-state index contributed by atoms with van der Waals surface area (Å²) in [6.45, 7) is 4.26. The summed E-state index contributed by atoms with van der Waals surface area (Å²) in [5.41, 5.74) is 4.87. The molecule has 0 aromatic carbocycles. The number of nitrogens with zero attached hydrogens (tertiary/aromatic N) is 3. The number of rotatable bonds is 8. The Balaban J connectivity index is 2.91. The summed E-state index contributed by atoms with van der Waals surface area (Å²) < 4.78 is 1.84. The van der Waals surface area contributed by atoms with E-state index in [1.54, 1.807) is 6.20 Å². The fourth-order valence-electron chi connectivity index (χ4n) is 2.57. The lowest BCUT2D eigenvalue weighted by Crippen LogP contribution is -2.49. The Labute approximate surface area is 125 Å². The predicted molar refractivity (Wildman–Crippen MR) is 80.7 cm³/mol. The molecule has 0 saturated carbocycles. The van der Waals surface area contributed by atoms with Gasteiger partial charge in [0.2, 0.25) is 5.91 Å². The number of oxime groups is 1. The second-order valence-electron chi connectivity index (χ2n) is 5.20. The summed E-state index contributed by atoms with van der Waals surface area (Å²) in [5, 5.41) is 15.0. The summed E-state index contributed by atoms with van der Waals surface area (Å²) in [6, 6.07) is 0. The molecule has 7 heteroatoms. The Kier molecular flexibility index (Phi) is 6.20. The van der Waals surface area contributed by atoms with Gasteiger partial charge in [-0.15, -0.1) is 0 Å². The molecular formula is C14H25N5O2. The van der Waals surface area contributed by atoms with Crippen molar-refractivity contribution in [2.24, 2.45) is 23.4 Å². The van der Waals surface area contributed by atoms with Crippen LogP contribution in [0.1, 0.15) is 45.4 Å². The highest BCUT2D eigenvalue weighted by atomic mass is 16.4. The molecule has 0 atom stereocenters. The van der Waals surface area contributed by atoms with Crippen molar-refractivity contribution >= 4 is 11.7 Å². The molecule has 0 fully saturated rings. The van der Waals surface area contributed by atoms with Crippen LogP contribution in [0.15, 0.2) is 17.5 Å². The lowest BCUT2D eigenvalue weighted by molar-refractivity contribution is -0.128. The van der Waals surface area contributed by atoms with Crippen LogP contribution in [0.4, 0.5) is 0 Å². The van der Waals surface area contributed by atoms with Crippen LogP contribution in [0.2, 0.25) is 0 Å². The van der Waals surface area contributed by atoms with Crippen molar-refractivity contribution in [3.8, 4) is 0 Å². The monoisotopic (exact) mass is 295 g/mol. The van der Waals surface area contributed by atoms with Crippen LogP contribution in [0.25, 0.3) is 0 Å². The Hall–Kier alpha value is -2.05. The molecule has 0 aliphatic rings. The van der Waals surface area contributed by atoms with Gasteiger partial charge in [0.25, 0.3) is 0 Å². The number of hydrogen-bond donors (Lipinski definition) is 3. The van der Waals surface area contributed by atoms with E-state index in [-0.39, 0.29) is 11.7 Å². The van der Waals surface area contributed by atoms with Crippen LogP contribution in [-0.2, 0) is 18.4 Å². The Bertz CT molecular complexity index is 489. The van der Waals surface area contributed by atoms with Crippen molar-refractivity contribution in [2.45, 2.75) is 46.1 Å². The molecule has 1 heterocycles. The molecule has 0 radical (unpaired) electrons. The molecule has 0 unspecified atom stereocenters. The Morgan fingerprint density at radius 3 is 2.52 bits per heavy atom. The van der Waals surface area contributed by atoms with Crippen LogP contribution in [0.5, 0.6) is 0 Å². The van der Waals surface area contributed by atoms with E-state index >= 15 is 0 Å². The first-order chi connectivity index (χ1) is 10.0. The summed E-state index contributed by atoms with van der Waals surface area (Å²) in [4.78, 5) is 16.8. The highest BCUT2D eigenvalue weighted by Crippen LogP contribution is 2.30. The van der Waals surface area contributed by atoms with Gasteiger partial charge in [-0.1, -0.05) is 31.8 Å². The number of nitrogens with one attached hydrogen (secondary N) is 1. The van der Waals surface area contributed by atoms with Crippen molar-refractivity contribution in [1.29, 1.82) is 0 Å². The van der Waals surface area contributed by atoms with Crippen molar-refractivity contribution < 1.29 is 10.0 Å². The minimum absolute atomic E-state index is 0.0245. The first-order valence-corrected chi connectivity index (χ1v) is 7.24. The molecule has 0 aliphatic carbocycles. The SMILES string of the molecule is CCCC(CCC)(C(=O)NCc1nccn1C)C(N)=NO. The van der Waals surface area contributed by atoms with E-state index in [1.165, 1.54) is 0 Å². The molecule has 21 heavy (non-hydrogen) atoms. The van der Waals surface area contributed by atoms with Gasteiger partial charge in [0, 0.05) is 19.4 Å². The van der Waals surface area contributed by atoms with E-state index in [4.69, 9.17) is 10.9 Å². The van der Waals surface area contributed by atoms with Gasteiger partial charge < -0.3 is 20.8 Å². The maximum absolute atomic E-state index is 12.6. The summed E-state index contributed by atoms with van der Waals surface area (Å²) >= 11 is 0. The van der Waals surface area contributed by atoms with Gasteiger partial charge >= 0.3 is 0 Å². The highest BCUT2D eigenvalue weighted by Gasteiger charge is 2.41. The molecule has 0 saturated heterocycles. The largest absolute Gasteiger partial charge is 0.409 e.